The Bertz CT molecular complexity index is 1230. The lowest BCUT2D eigenvalue weighted by atomic mass is 10.2. The maximum Gasteiger partial charge on any atom is 0.338 e. The Morgan fingerprint density at radius 3 is 2.24 bits per heavy atom. The van der Waals surface area contributed by atoms with E-state index in [1.54, 1.807) is 24.3 Å². The van der Waals surface area contributed by atoms with Crippen molar-refractivity contribution in [1.82, 2.24) is 0 Å². The van der Waals surface area contributed by atoms with Crippen molar-refractivity contribution in [2.45, 2.75) is 22.6 Å². The van der Waals surface area contributed by atoms with Gasteiger partial charge in [0, 0.05) is 27.7 Å². The maximum atomic E-state index is 12.4. The van der Waals surface area contributed by atoms with E-state index in [0.29, 0.717) is 16.4 Å². The van der Waals surface area contributed by atoms with E-state index in [-0.39, 0.29) is 30.2 Å². The number of imide groups is 1. The predicted molar refractivity (Wildman–Crippen MR) is 129 cm³/mol. The normalized spacial score (nSPS) is 13.1. The van der Waals surface area contributed by atoms with Crippen molar-refractivity contribution >= 4 is 58.4 Å². The lowest BCUT2D eigenvalue weighted by molar-refractivity contribution is -0.121. The van der Waals surface area contributed by atoms with Gasteiger partial charge in [0.25, 0.3) is 5.91 Å². The monoisotopic (exact) mass is 494 g/mol. The van der Waals surface area contributed by atoms with Crippen LogP contribution in [0.25, 0.3) is 0 Å². The van der Waals surface area contributed by atoms with Gasteiger partial charge in [0.15, 0.2) is 6.61 Å². The van der Waals surface area contributed by atoms with Gasteiger partial charge in [-0.1, -0.05) is 35.5 Å². The third-order valence-electron chi connectivity index (χ3n) is 4.95. The van der Waals surface area contributed by atoms with E-state index in [1.165, 1.54) is 36.0 Å². The van der Waals surface area contributed by atoms with E-state index in [1.807, 2.05) is 24.3 Å². The lowest BCUT2D eigenvalue weighted by Gasteiger charge is -2.14. The lowest BCUT2D eigenvalue weighted by Crippen LogP contribution is -2.28. The van der Waals surface area contributed by atoms with Crippen LogP contribution in [0.15, 0.2) is 82.6 Å². The van der Waals surface area contributed by atoms with Gasteiger partial charge in [-0.25, -0.2) is 4.79 Å². The molecule has 4 rings (SSSR count). The first-order valence-corrected chi connectivity index (χ1v) is 11.6. The number of nitrogens with one attached hydrogen (secondary N) is 1. The summed E-state index contributed by atoms with van der Waals surface area (Å²) in [6.07, 6.45) is 0.359. The van der Waals surface area contributed by atoms with Gasteiger partial charge in [0.05, 0.1) is 16.9 Å². The Hall–Kier alpha value is -3.62. The molecule has 172 valence electrons. The van der Waals surface area contributed by atoms with Crippen molar-refractivity contribution < 1.29 is 23.9 Å². The van der Waals surface area contributed by atoms with Gasteiger partial charge in [0.1, 0.15) is 0 Å². The number of amides is 3. The molecule has 1 aliphatic heterocycles. The molecule has 3 aromatic rings. The summed E-state index contributed by atoms with van der Waals surface area (Å²) in [7, 11) is 0. The summed E-state index contributed by atoms with van der Waals surface area (Å²) < 4.78 is 5.12. The van der Waals surface area contributed by atoms with Crippen LogP contribution in [0.4, 0.5) is 11.4 Å². The number of anilines is 2. The molecule has 0 spiro atoms. The zero-order valence-corrected chi connectivity index (χ0v) is 19.4. The van der Waals surface area contributed by atoms with Crippen LogP contribution in [0.3, 0.4) is 0 Å². The van der Waals surface area contributed by atoms with Crippen LogP contribution in [-0.4, -0.2) is 30.3 Å². The van der Waals surface area contributed by atoms with Crippen molar-refractivity contribution in [2.75, 3.05) is 16.8 Å². The molecule has 7 nitrogen and oxygen atoms in total. The highest BCUT2D eigenvalue weighted by Crippen LogP contribution is 2.33. The van der Waals surface area contributed by atoms with Crippen LogP contribution in [0, 0.1) is 0 Å². The van der Waals surface area contributed by atoms with Crippen molar-refractivity contribution in [3.8, 4) is 0 Å². The first-order chi connectivity index (χ1) is 16.4. The van der Waals surface area contributed by atoms with E-state index in [4.69, 9.17) is 16.3 Å². The summed E-state index contributed by atoms with van der Waals surface area (Å²) >= 11 is 7.40. The molecule has 0 bridgehead atoms. The van der Waals surface area contributed by atoms with E-state index in [2.05, 4.69) is 5.32 Å². The molecule has 1 aliphatic rings. The molecule has 34 heavy (non-hydrogen) atoms. The Kier molecular flexibility index (Phi) is 7.30. The largest absolute Gasteiger partial charge is 0.452 e. The molecule has 1 fully saturated rings. The first kappa shape index (κ1) is 23.5. The third-order valence-corrected chi connectivity index (χ3v) is 6.29. The van der Waals surface area contributed by atoms with E-state index in [0.717, 1.165) is 14.7 Å². The third kappa shape index (κ3) is 5.65. The number of esters is 1. The summed E-state index contributed by atoms with van der Waals surface area (Å²) in [4.78, 5) is 51.3. The summed E-state index contributed by atoms with van der Waals surface area (Å²) in [5.41, 5.74) is 1.19. The molecule has 0 unspecified atom stereocenters. The summed E-state index contributed by atoms with van der Waals surface area (Å²) in [5, 5.41) is 3.40. The number of benzene rings is 3. The number of carbonyl (C=O) groups is 4. The highest BCUT2D eigenvalue weighted by molar-refractivity contribution is 7.99. The molecule has 3 aromatic carbocycles. The summed E-state index contributed by atoms with van der Waals surface area (Å²) in [6.45, 7) is -0.469. The maximum absolute atomic E-state index is 12.4. The average Bonchev–Trinajstić information content (AvgIpc) is 3.18. The Morgan fingerprint density at radius 1 is 0.912 bits per heavy atom. The first-order valence-electron chi connectivity index (χ1n) is 10.4. The second kappa shape index (κ2) is 10.5. The smallest absolute Gasteiger partial charge is 0.338 e. The van der Waals surface area contributed by atoms with Crippen molar-refractivity contribution in [1.29, 1.82) is 0 Å². The molecule has 1 N–H and O–H groups in total. The molecule has 0 saturated carbocycles. The second-order valence-electron chi connectivity index (χ2n) is 7.35. The van der Waals surface area contributed by atoms with Crippen LogP contribution in [-0.2, 0) is 19.1 Å². The number of carbonyl (C=O) groups excluding carboxylic acids is 4. The SMILES string of the molecule is O=C(COC(=O)c1ccc(N2C(=O)CCC2=O)cc1)Nc1ccccc1Sc1ccc(Cl)cc1. The number of hydrogen-bond donors (Lipinski definition) is 1. The number of rotatable bonds is 7. The van der Waals surface area contributed by atoms with E-state index < -0.39 is 18.5 Å². The van der Waals surface area contributed by atoms with Gasteiger partial charge in [0.2, 0.25) is 11.8 Å². The van der Waals surface area contributed by atoms with Crippen LogP contribution >= 0.6 is 23.4 Å². The van der Waals surface area contributed by atoms with Gasteiger partial charge in [-0.2, -0.15) is 0 Å². The predicted octanol–water partition coefficient (Wildman–Crippen LogP) is 4.94. The van der Waals surface area contributed by atoms with Gasteiger partial charge >= 0.3 is 5.97 Å². The van der Waals surface area contributed by atoms with Crippen molar-refractivity contribution in [3.05, 3.63) is 83.4 Å². The molecular formula is C25H19ClN2O5S. The standard InChI is InChI=1S/C25H19ClN2O5S/c26-17-7-11-19(12-8-17)34-21-4-2-1-3-20(21)27-22(29)15-33-25(32)16-5-9-18(10-6-16)28-23(30)13-14-24(28)31/h1-12H,13-15H2,(H,27,29). The molecule has 0 atom stereocenters. The molecule has 0 aromatic heterocycles. The summed E-state index contributed by atoms with van der Waals surface area (Å²) in [5.74, 6) is -1.72. The highest BCUT2D eigenvalue weighted by Gasteiger charge is 2.30. The Morgan fingerprint density at radius 2 is 1.56 bits per heavy atom. The number of hydrogen-bond acceptors (Lipinski definition) is 6. The van der Waals surface area contributed by atoms with Gasteiger partial charge < -0.3 is 10.1 Å². The minimum atomic E-state index is -0.690. The fraction of sp³-hybridized carbons (Fsp3) is 0.120. The number of para-hydroxylation sites is 1. The zero-order chi connectivity index (χ0) is 24.1. The van der Waals surface area contributed by atoms with E-state index in [9.17, 15) is 19.2 Å². The van der Waals surface area contributed by atoms with E-state index >= 15 is 0 Å². The minimum absolute atomic E-state index is 0.180. The van der Waals surface area contributed by atoms with Crippen molar-refractivity contribution in [3.63, 3.8) is 0 Å². The molecule has 0 aliphatic carbocycles. The van der Waals surface area contributed by atoms with Crippen molar-refractivity contribution in [2.24, 2.45) is 0 Å². The minimum Gasteiger partial charge on any atom is -0.452 e. The molecule has 1 heterocycles. The van der Waals surface area contributed by atoms with Gasteiger partial charge in [-0.15, -0.1) is 0 Å². The molecule has 0 radical (unpaired) electrons. The van der Waals surface area contributed by atoms with Crippen LogP contribution in [0.5, 0.6) is 0 Å². The fourth-order valence-corrected chi connectivity index (χ4v) is 4.33. The quantitative estimate of drug-likeness (QED) is 0.369. The van der Waals surface area contributed by atoms with Crippen LogP contribution in [0.2, 0.25) is 5.02 Å². The van der Waals surface area contributed by atoms with Crippen LogP contribution < -0.4 is 10.2 Å². The Labute approximate surface area is 205 Å². The highest BCUT2D eigenvalue weighted by atomic mass is 35.5. The average molecular weight is 495 g/mol. The van der Waals surface area contributed by atoms with Crippen LogP contribution in [0.1, 0.15) is 23.2 Å². The summed E-state index contributed by atoms with van der Waals surface area (Å²) in [6, 6.07) is 20.5. The zero-order valence-electron chi connectivity index (χ0n) is 17.8. The molecular weight excluding hydrogens is 476 g/mol. The molecule has 9 heteroatoms. The number of ether oxygens (including phenoxy) is 1. The second-order valence-corrected chi connectivity index (χ2v) is 8.90. The number of halogens is 1. The molecule has 3 amide bonds. The number of nitrogens with zero attached hydrogens (tertiary/aromatic N) is 1. The fourth-order valence-electron chi connectivity index (χ4n) is 3.30. The topological polar surface area (TPSA) is 92.8 Å². The van der Waals surface area contributed by atoms with Gasteiger partial charge in [-0.05, 0) is 60.7 Å². The van der Waals surface area contributed by atoms with Gasteiger partial charge in [-0.3, -0.25) is 19.3 Å². The Balaban J connectivity index is 1.33. The molecule has 1 saturated heterocycles.